The van der Waals surface area contributed by atoms with Crippen LogP contribution >= 0.6 is 0 Å². The molecule has 0 spiro atoms. The van der Waals surface area contributed by atoms with Crippen LogP contribution in [0.3, 0.4) is 0 Å². The van der Waals surface area contributed by atoms with Gasteiger partial charge in [-0.15, -0.1) is 0 Å². The highest BCUT2D eigenvalue weighted by molar-refractivity contribution is 5.44. The van der Waals surface area contributed by atoms with Gasteiger partial charge in [0.1, 0.15) is 6.10 Å². The Morgan fingerprint density at radius 1 is 1.26 bits per heavy atom. The molecule has 0 aliphatic carbocycles. The molecule has 19 heavy (non-hydrogen) atoms. The smallest absolute Gasteiger partial charge is 0.108 e. The van der Waals surface area contributed by atoms with Crippen LogP contribution in [0.4, 0.5) is 5.69 Å². The molecule has 2 atom stereocenters. The normalized spacial score (nSPS) is 14.0. The Morgan fingerprint density at radius 2 is 2.00 bits per heavy atom. The summed E-state index contributed by atoms with van der Waals surface area (Å²) in [5, 5.41) is 10.3. The van der Waals surface area contributed by atoms with Gasteiger partial charge in [-0.05, 0) is 17.2 Å². The van der Waals surface area contributed by atoms with E-state index in [0.29, 0.717) is 12.1 Å². The van der Waals surface area contributed by atoms with Gasteiger partial charge in [0.05, 0.1) is 6.10 Å². The lowest BCUT2D eigenvalue weighted by atomic mass is 9.98. The average Bonchev–Trinajstić information content (AvgIpc) is 2.43. The minimum absolute atomic E-state index is 0.374. The molecule has 100 valence electrons. The lowest BCUT2D eigenvalue weighted by Crippen LogP contribution is -2.23. The number of hydrogen-bond donors (Lipinski definition) is 2. The van der Waals surface area contributed by atoms with Gasteiger partial charge < -0.3 is 15.6 Å². The molecule has 3 N–H and O–H groups in total. The summed E-state index contributed by atoms with van der Waals surface area (Å²) in [5.74, 6) is 0. The average molecular weight is 258 g/mol. The van der Waals surface area contributed by atoms with Crippen LogP contribution < -0.4 is 5.73 Å². The van der Waals surface area contributed by atoms with E-state index in [9.17, 15) is 5.11 Å². The zero-order chi connectivity index (χ0) is 13.7. The van der Waals surface area contributed by atoms with Gasteiger partial charge in [0.25, 0.3) is 0 Å². The summed E-state index contributed by atoms with van der Waals surface area (Å²) in [6.07, 6.45) is 2.68. The van der Waals surface area contributed by atoms with Crippen LogP contribution in [0.2, 0.25) is 0 Å². The first-order valence-electron chi connectivity index (χ1n) is 6.16. The third-order valence-corrected chi connectivity index (χ3v) is 3.10. The Labute approximate surface area is 112 Å². The van der Waals surface area contributed by atoms with E-state index in [4.69, 9.17) is 10.5 Å². The van der Waals surface area contributed by atoms with E-state index in [1.165, 1.54) is 0 Å². The number of nitrogens with two attached hydrogens (primary N) is 1. The van der Waals surface area contributed by atoms with Crippen LogP contribution in [-0.2, 0) is 11.2 Å². The number of benzene rings is 1. The van der Waals surface area contributed by atoms with Crippen molar-refractivity contribution in [3.8, 4) is 0 Å². The zero-order valence-corrected chi connectivity index (χ0v) is 10.9. The van der Waals surface area contributed by atoms with Crippen LogP contribution in [0.1, 0.15) is 17.2 Å². The van der Waals surface area contributed by atoms with Crippen LogP contribution in [-0.4, -0.2) is 23.3 Å². The van der Waals surface area contributed by atoms with Gasteiger partial charge in [-0.1, -0.05) is 30.3 Å². The molecule has 0 saturated heterocycles. The fraction of sp³-hybridized carbons (Fsp3) is 0.267. The maximum Gasteiger partial charge on any atom is 0.108 e. The number of methoxy groups -OCH3 is 1. The third kappa shape index (κ3) is 3.30. The Morgan fingerprint density at radius 3 is 2.63 bits per heavy atom. The molecule has 0 bridgehead atoms. The van der Waals surface area contributed by atoms with Gasteiger partial charge in [-0.3, -0.25) is 4.98 Å². The summed E-state index contributed by atoms with van der Waals surface area (Å²) >= 11 is 0. The third-order valence-electron chi connectivity index (χ3n) is 3.10. The van der Waals surface area contributed by atoms with Crippen LogP contribution in [0.5, 0.6) is 0 Å². The van der Waals surface area contributed by atoms with Crippen molar-refractivity contribution in [2.75, 3.05) is 12.8 Å². The summed E-state index contributed by atoms with van der Waals surface area (Å²) < 4.78 is 5.40. The molecule has 1 aromatic carbocycles. The van der Waals surface area contributed by atoms with Crippen LogP contribution in [0.15, 0.2) is 48.8 Å². The maximum absolute atomic E-state index is 10.3. The first kappa shape index (κ1) is 13.5. The summed E-state index contributed by atoms with van der Waals surface area (Å²) in [5.41, 5.74) is 8.26. The molecule has 0 radical (unpaired) electrons. The molecule has 1 aromatic heterocycles. The Kier molecular flexibility index (Phi) is 4.49. The molecule has 2 unspecified atom stereocenters. The van der Waals surface area contributed by atoms with Crippen molar-refractivity contribution >= 4 is 5.69 Å². The number of pyridine rings is 1. The van der Waals surface area contributed by atoms with Crippen molar-refractivity contribution in [3.63, 3.8) is 0 Å². The van der Waals surface area contributed by atoms with Gasteiger partial charge in [0.15, 0.2) is 0 Å². The quantitative estimate of drug-likeness (QED) is 0.860. The summed E-state index contributed by atoms with van der Waals surface area (Å²) in [4.78, 5) is 4.02. The lowest BCUT2D eigenvalue weighted by Gasteiger charge is -2.22. The monoisotopic (exact) mass is 258 g/mol. The molecule has 0 fully saturated rings. The van der Waals surface area contributed by atoms with Crippen molar-refractivity contribution in [2.24, 2.45) is 0 Å². The highest BCUT2D eigenvalue weighted by Crippen LogP contribution is 2.24. The Hall–Kier alpha value is -1.91. The molecule has 0 amide bonds. The highest BCUT2D eigenvalue weighted by atomic mass is 16.5. The number of nitrogen functional groups attached to an aromatic ring is 1. The Balaban J connectivity index is 2.14. The molecule has 2 aromatic rings. The van der Waals surface area contributed by atoms with Crippen molar-refractivity contribution < 1.29 is 9.84 Å². The van der Waals surface area contributed by atoms with Crippen molar-refractivity contribution in [2.45, 2.75) is 18.6 Å². The second-order valence-corrected chi connectivity index (χ2v) is 4.41. The van der Waals surface area contributed by atoms with E-state index in [2.05, 4.69) is 4.98 Å². The van der Waals surface area contributed by atoms with E-state index < -0.39 is 6.10 Å². The van der Waals surface area contributed by atoms with E-state index in [-0.39, 0.29) is 6.10 Å². The number of aromatic nitrogens is 1. The molecule has 2 rings (SSSR count). The van der Waals surface area contributed by atoms with Gasteiger partial charge >= 0.3 is 0 Å². The number of ether oxygens (including phenoxy) is 1. The molecule has 4 nitrogen and oxygen atoms in total. The van der Waals surface area contributed by atoms with E-state index in [1.54, 1.807) is 25.6 Å². The largest absolute Gasteiger partial charge is 0.398 e. The number of aliphatic hydroxyl groups is 1. The molecular formula is C15H18N2O2. The number of hydrogen-bond acceptors (Lipinski definition) is 4. The lowest BCUT2D eigenvalue weighted by molar-refractivity contribution is -0.0128. The van der Waals surface area contributed by atoms with E-state index >= 15 is 0 Å². The minimum Gasteiger partial charge on any atom is -0.398 e. The van der Waals surface area contributed by atoms with E-state index in [0.717, 1.165) is 11.1 Å². The maximum atomic E-state index is 10.3. The van der Waals surface area contributed by atoms with E-state index in [1.807, 2.05) is 30.3 Å². The minimum atomic E-state index is -0.668. The fourth-order valence-electron chi connectivity index (χ4n) is 2.10. The molecule has 4 heteroatoms. The fourth-order valence-corrected chi connectivity index (χ4v) is 2.10. The molecule has 1 heterocycles. The predicted octanol–water partition coefficient (Wildman–Crippen LogP) is 1.95. The first-order valence-corrected chi connectivity index (χ1v) is 6.16. The van der Waals surface area contributed by atoms with Crippen molar-refractivity contribution in [1.82, 2.24) is 4.98 Å². The topological polar surface area (TPSA) is 68.4 Å². The number of nitrogens with zero attached hydrogens (tertiary/aromatic N) is 1. The summed E-state index contributed by atoms with van der Waals surface area (Å²) in [6.45, 7) is 0. The zero-order valence-electron chi connectivity index (χ0n) is 10.9. The number of rotatable bonds is 5. The molecule has 0 aliphatic heterocycles. The summed E-state index contributed by atoms with van der Waals surface area (Å²) in [6, 6.07) is 11.4. The molecule has 0 saturated carbocycles. The molecular weight excluding hydrogens is 240 g/mol. The van der Waals surface area contributed by atoms with Crippen LogP contribution in [0, 0.1) is 0 Å². The predicted molar refractivity (Wildman–Crippen MR) is 74.6 cm³/mol. The highest BCUT2D eigenvalue weighted by Gasteiger charge is 2.21. The molecule has 0 aliphatic rings. The number of aliphatic hydroxyl groups excluding tert-OH is 1. The van der Waals surface area contributed by atoms with Gasteiger partial charge in [-0.25, -0.2) is 0 Å². The second kappa shape index (κ2) is 6.31. The summed E-state index contributed by atoms with van der Waals surface area (Å²) in [7, 11) is 1.59. The van der Waals surface area contributed by atoms with Crippen molar-refractivity contribution in [3.05, 3.63) is 59.9 Å². The SMILES string of the molecule is COC(c1ccccc1)C(O)Cc1cnccc1N. The Bertz CT molecular complexity index is 517. The van der Waals surface area contributed by atoms with Crippen molar-refractivity contribution in [1.29, 1.82) is 0 Å². The number of anilines is 1. The van der Waals surface area contributed by atoms with Crippen LogP contribution in [0.25, 0.3) is 0 Å². The standard InChI is InChI=1S/C15H18N2O2/c1-19-15(11-5-3-2-4-6-11)14(18)9-12-10-17-8-7-13(12)16/h2-8,10,14-15,18H,9H2,1H3,(H2,16,17). The first-order chi connectivity index (χ1) is 9.22. The van der Waals surface area contributed by atoms with Gasteiger partial charge in [-0.2, -0.15) is 0 Å². The van der Waals surface area contributed by atoms with Gasteiger partial charge in [0, 0.05) is 31.6 Å². The second-order valence-electron chi connectivity index (χ2n) is 4.41. The van der Waals surface area contributed by atoms with Gasteiger partial charge in [0.2, 0.25) is 0 Å².